The molecule has 1 heterocycles. The molecule has 31 heavy (non-hydrogen) atoms. The predicted molar refractivity (Wildman–Crippen MR) is 124 cm³/mol. The van der Waals surface area contributed by atoms with Crippen molar-refractivity contribution in [1.29, 1.82) is 0 Å². The number of carbonyl (C=O) groups excluding carboxylic acids is 1. The zero-order chi connectivity index (χ0) is 21.4. The van der Waals surface area contributed by atoms with Gasteiger partial charge in [-0.25, -0.2) is 14.8 Å². The molecule has 6 heteroatoms. The quantitative estimate of drug-likeness (QED) is 0.573. The van der Waals surface area contributed by atoms with E-state index in [-0.39, 0.29) is 12.1 Å². The van der Waals surface area contributed by atoms with E-state index in [1.54, 1.807) is 6.33 Å². The van der Waals surface area contributed by atoms with Gasteiger partial charge in [0.2, 0.25) is 0 Å². The predicted octanol–water partition coefficient (Wildman–Crippen LogP) is 4.95. The Hall–Kier alpha value is -3.15. The molecule has 5 rings (SSSR count). The Kier molecular flexibility index (Phi) is 5.22. The van der Waals surface area contributed by atoms with E-state index >= 15 is 0 Å². The normalized spacial score (nSPS) is 15.8. The van der Waals surface area contributed by atoms with E-state index < -0.39 is 0 Å². The molecule has 0 radical (unpaired) electrons. The van der Waals surface area contributed by atoms with E-state index in [0.717, 1.165) is 46.3 Å². The Bertz CT molecular complexity index is 1100. The molecule has 2 saturated carbocycles. The lowest BCUT2D eigenvalue weighted by molar-refractivity contribution is 0.189. The van der Waals surface area contributed by atoms with Crippen LogP contribution < -0.4 is 10.6 Å². The summed E-state index contributed by atoms with van der Waals surface area (Å²) in [5.74, 6) is 0.913. The number of urea groups is 1. The minimum atomic E-state index is 0.0292. The smallest absolute Gasteiger partial charge is 0.318 e. The lowest BCUT2D eigenvalue weighted by Gasteiger charge is -2.24. The second-order valence-corrected chi connectivity index (χ2v) is 9.04. The van der Waals surface area contributed by atoms with Crippen LogP contribution in [0.4, 0.5) is 10.6 Å². The van der Waals surface area contributed by atoms with E-state index in [1.807, 2.05) is 18.7 Å². The van der Waals surface area contributed by atoms with Gasteiger partial charge in [-0.2, -0.15) is 0 Å². The average Bonchev–Trinajstić information content (AvgIpc) is 3.67. The molecule has 1 aromatic heterocycles. The Morgan fingerprint density at radius 3 is 2.61 bits per heavy atom. The number of aromatic nitrogens is 2. The van der Waals surface area contributed by atoms with Gasteiger partial charge in [-0.05, 0) is 74.4 Å². The summed E-state index contributed by atoms with van der Waals surface area (Å²) in [6.45, 7) is 4.63. The van der Waals surface area contributed by atoms with E-state index in [4.69, 9.17) is 0 Å². The van der Waals surface area contributed by atoms with Crippen LogP contribution in [0.15, 0.2) is 48.8 Å². The molecular formula is C25H29N5O. The molecule has 2 N–H and O–H groups in total. The number of rotatable bonds is 7. The minimum absolute atomic E-state index is 0.0292. The molecule has 0 spiro atoms. The van der Waals surface area contributed by atoms with Crippen LogP contribution in [-0.2, 0) is 6.54 Å². The van der Waals surface area contributed by atoms with Crippen LogP contribution in [0.5, 0.6) is 0 Å². The second kappa shape index (κ2) is 8.17. The first-order valence-corrected chi connectivity index (χ1v) is 11.2. The van der Waals surface area contributed by atoms with Crippen molar-refractivity contribution in [3.05, 3.63) is 54.4 Å². The summed E-state index contributed by atoms with van der Waals surface area (Å²) in [5, 5.41) is 7.61. The fourth-order valence-electron chi connectivity index (χ4n) is 3.90. The number of amides is 2. The van der Waals surface area contributed by atoms with Crippen molar-refractivity contribution < 1.29 is 4.79 Å². The zero-order valence-electron chi connectivity index (χ0n) is 18.1. The molecule has 3 aromatic rings. The number of carbonyl (C=O) groups is 1. The van der Waals surface area contributed by atoms with Crippen molar-refractivity contribution in [1.82, 2.24) is 20.2 Å². The molecule has 2 aromatic carbocycles. The monoisotopic (exact) mass is 415 g/mol. The molecule has 0 saturated heterocycles. The number of benzene rings is 2. The van der Waals surface area contributed by atoms with E-state index in [9.17, 15) is 4.79 Å². The van der Waals surface area contributed by atoms with Gasteiger partial charge in [-0.15, -0.1) is 0 Å². The summed E-state index contributed by atoms with van der Waals surface area (Å²) >= 11 is 0. The van der Waals surface area contributed by atoms with Gasteiger partial charge in [0, 0.05) is 30.1 Å². The van der Waals surface area contributed by atoms with Crippen LogP contribution in [-0.4, -0.2) is 39.0 Å². The van der Waals surface area contributed by atoms with Gasteiger partial charge in [0.05, 0.1) is 5.52 Å². The summed E-state index contributed by atoms with van der Waals surface area (Å²) in [5.41, 5.74) is 4.36. The highest BCUT2D eigenvalue weighted by Gasteiger charge is 2.32. The summed E-state index contributed by atoms with van der Waals surface area (Å²) in [7, 11) is 0. The molecule has 0 bridgehead atoms. The summed E-state index contributed by atoms with van der Waals surface area (Å²) < 4.78 is 0. The maximum Gasteiger partial charge on any atom is 0.318 e. The largest absolute Gasteiger partial charge is 0.367 e. The maximum atomic E-state index is 12.7. The fraction of sp³-hybridized carbons (Fsp3) is 0.400. The van der Waals surface area contributed by atoms with Gasteiger partial charge >= 0.3 is 6.03 Å². The zero-order valence-corrected chi connectivity index (χ0v) is 18.1. The SMILES string of the molecule is CC(C)NC(=O)N(Cc1cccc(-c2ccc3ncnc(NC4CC4)c3c2)c1)C1CC1. The Morgan fingerprint density at radius 1 is 1.06 bits per heavy atom. The summed E-state index contributed by atoms with van der Waals surface area (Å²) in [6, 6.07) is 15.9. The third kappa shape index (κ3) is 4.63. The lowest BCUT2D eigenvalue weighted by atomic mass is 10.0. The highest BCUT2D eigenvalue weighted by molar-refractivity contribution is 5.92. The van der Waals surface area contributed by atoms with Crippen LogP contribution in [0.25, 0.3) is 22.0 Å². The van der Waals surface area contributed by atoms with Gasteiger partial charge in [-0.3, -0.25) is 0 Å². The molecule has 0 unspecified atom stereocenters. The number of nitrogens with zero attached hydrogens (tertiary/aromatic N) is 3. The second-order valence-electron chi connectivity index (χ2n) is 9.04. The highest BCUT2D eigenvalue weighted by Crippen LogP contribution is 2.32. The van der Waals surface area contributed by atoms with Crippen molar-refractivity contribution in [2.24, 2.45) is 0 Å². The molecule has 2 aliphatic rings. The highest BCUT2D eigenvalue weighted by atomic mass is 16.2. The van der Waals surface area contributed by atoms with Gasteiger partial charge in [0.25, 0.3) is 0 Å². The summed E-state index contributed by atoms with van der Waals surface area (Å²) in [4.78, 5) is 23.5. The van der Waals surface area contributed by atoms with Crippen LogP contribution in [0.3, 0.4) is 0 Å². The number of hydrogen-bond acceptors (Lipinski definition) is 4. The van der Waals surface area contributed by atoms with Gasteiger partial charge in [0.1, 0.15) is 12.1 Å². The van der Waals surface area contributed by atoms with Crippen LogP contribution in [0, 0.1) is 0 Å². The molecule has 0 aliphatic heterocycles. The number of hydrogen-bond donors (Lipinski definition) is 2. The van der Waals surface area contributed by atoms with Crippen LogP contribution >= 0.6 is 0 Å². The first kappa shape index (κ1) is 19.8. The number of anilines is 1. The van der Waals surface area contributed by atoms with E-state index in [2.05, 4.69) is 63.1 Å². The van der Waals surface area contributed by atoms with Gasteiger partial charge in [-0.1, -0.05) is 24.3 Å². The fourth-order valence-corrected chi connectivity index (χ4v) is 3.90. The Balaban J connectivity index is 1.41. The molecule has 160 valence electrons. The molecular weight excluding hydrogens is 386 g/mol. The number of nitrogens with one attached hydrogen (secondary N) is 2. The molecule has 6 nitrogen and oxygen atoms in total. The van der Waals surface area contributed by atoms with E-state index in [1.165, 1.54) is 12.8 Å². The Morgan fingerprint density at radius 2 is 1.87 bits per heavy atom. The molecule has 2 fully saturated rings. The number of fused-ring (bicyclic) bond motifs is 1. The standard InChI is InChI=1S/C25H29N5O/c1-16(2)28-25(31)30(21-9-10-21)14-17-4-3-5-18(12-17)19-6-11-23-22(13-19)24(27-15-26-23)29-20-7-8-20/h3-6,11-13,15-16,20-21H,7-10,14H2,1-2H3,(H,28,31)(H,26,27,29). The van der Waals surface area contributed by atoms with E-state index in [0.29, 0.717) is 18.6 Å². The Labute approximate surface area is 183 Å². The van der Waals surface area contributed by atoms with Crippen molar-refractivity contribution in [2.45, 2.75) is 64.2 Å². The van der Waals surface area contributed by atoms with Gasteiger partial charge in [0.15, 0.2) is 0 Å². The lowest BCUT2D eigenvalue weighted by Crippen LogP contribution is -2.43. The van der Waals surface area contributed by atoms with Crippen molar-refractivity contribution in [3.8, 4) is 11.1 Å². The molecule has 0 atom stereocenters. The van der Waals surface area contributed by atoms with Crippen LogP contribution in [0.1, 0.15) is 45.1 Å². The summed E-state index contributed by atoms with van der Waals surface area (Å²) in [6.07, 6.45) is 6.21. The topological polar surface area (TPSA) is 70.2 Å². The van der Waals surface area contributed by atoms with Crippen molar-refractivity contribution >= 4 is 22.8 Å². The third-order valence-corrected chi connectivity index (χ3v) is 5.83. The van der Waals surface area contributed by atoms with Crippen molar-refractivity contribution in [2.75, 3.05) is 5.32 Å². The first-order valence-electron chi connectivity index (χ1n) is 11.2. The molecule has 2 aliphatic carbocycles. The first-order chi connectivity index (χ1) is 15.1. The third-order valence-electron chi connectivity index (χ3n) is 5.83. The van der Waals surface area contributed by atoms with Gasteiger partial charge < -0.3 is 15.5 Å². The minimum Gasteiger partial charge on any atom is -0.367 e. The molecule has 2 amide bonds. The van der Waals surface area contributed by atoms with Crippen LogP contribution in [0.2, 0.25) is 0 Å². The maximum absolute atomic E-state index is 12.7. The average molecular weight is 416 g/mol. The van der Waals surface area contributed by atoms with Crippen molar-refractivity contribution in [3.63, 3.8) is 0 Å².